The first-order chi connectivity index (χ1) is 9.79. The smallest absolute Gasteiger partial charge is 0.280 e. The number of nitrogens with zero attached hydrogens (tertiary/aromatic N) is 3. The summed E-state index contributed by atoms with van der Waals surface area (Å²) in [6.45, 7) is 0. The Morgan fingerprint density at radius 2 is 2.05 bits per heavy atom. The molecule has 0 aliphatic heterocycles. The van der Waals surface area contributed by atoms with Gasteiger partial charge in [-0.15, -0.1) is 0 Å². The molecule has 110 valence electrons. The molecule has 0 aliphatic carbocycles. The topological polar surface area (TPSA) is 133 Å². The molecule has 8 nitrogen and oxygen atoms in total. The van der Waals surface area contributed by atoms with Crippen LogP contribution in [0.2, 0.25) is 0 Å². The van der Waals surface area contributed by atoms with Gasteiger partial charge in [-0.05, 0) is 18.2 Å². The van der Waals surface area contributed by atoms with Gasteiger partial charge in [0.15, 0.2) is 15.8 Å². The van der Waals surface area contributed by atoms with Crippen LogP contribution in [-0.4, -0.2) is 36.1 Å². The highest BCUT2D eigenvalue weighted by Crippen LogP contribution is 2.22. The van der Waals surface area contributed by atoms with E-state index in [1.54, 1.807) is 6.20 Å². The third-order valence-corrected chi connectivity index (χ3v) is 3.75. The van der Waals surface area contributed by atoms with Crippen molar-refractivity contribution in [3.8, 4) is 5.69 Å². The van der Waals surface area contributed by atoms with E-state index in [0.29, 0.717) is 5.69 Å². The zero-order chi connectivity index (χ0) is 15.6. The lowest BCUT2D eigenvalue weighted by molar-refractivity contribution is 0.100. The molecule has 0 saturated heterocycles. The Hall–Kier alpha value is -2.68. The molecule has 1 aromatic carbocycles. The van der Waals surface area contributed by atoms with Gasteiger partial charge in [0.1, 0.15) is 0 Å². The third-order valence-electron chi connectivity index (χ3n) is 2.62. The summed E-state index contributed by atoms with van der Waals surface area (Å²) in [6.07, 6.45) is 5.63. The molecule has 4 N–H and O–H groups in total. The number of carbonyl (C=O) groups excluding carboxylic acids is 1. The number of aliphatic imine (C=N–C) groups is 1. The predicted octanol–water partition coefficient (Wildman–Crippen LogP) is -0.311. The van der Waals surface area contributed by atoms with Gasteiger partial charge in [-0.3, -0.25) is 4.79 Å². The maximum atomic E-state index is 11.9. The van der Waals surface area contributed by atoms with Gasteiger partial charge in [0.25, 0.3) is 5.91 Å². The molecule has 1 heterocycles. The minimum atomic E-state index is -3.56. The molecule has 1 aromatic heterocycles. The molecule has 1 amide bonds. The van der Waals surface area contributed by atoms with Crippen molar-refractivity contribution in [1.29, 1.82) is 0 Å². The first-order valence-corrected chi connectivity index (χ1v) is 7.64. The minimum absolute atomic E-state index is 0.0165. The standard InChI is InChI=1S/C12H13N5O3S/c1-21(19,20)10-6-8(11(18)16-12(13)14)2-3-9(10)17-5-4-15-7-17/h2-7H,1H3,(H4,13,14,16,18). The molecule has 0 saturated carbocycles. The second-order valence-electron chi connectivity index (χ2n) is 4.27. The fraction of sp³-hybridized carbons (Fsp3) is 0.0833. The summed E-state index contributed by atoms with van der Waals surface area (Å²) >= 11 is 0. The van der Waals surface area contributed by atoms with E-state index in [1.165, 1.54) is 35.3 Å². The zero-order valence-corrected chi connectivity index (χ0v) is 11.9. The van der Waals surface area contributed by atoms with Gasteiger partial charge in [-0.25, -0.2) is 13.4 Å². The highest BCUT2D eigenvalue weighted by Gasteiger charge is 2.17. The van der Waals surface area contributed by atoms with Crippen LogP contribution in [0.4, 0.5) is 0 Å². The normalized spacial score (nSPS) is 11.1. The van der Waals surface area contributed by atoms with Crippen LogP contribution in [0.15, 0.2) is 46.8 Å². The van der Waals surface area contributed by atoms with E-state index < -0.39 is 15.7 Å². The second-order valence-corrected chi connectivity index (χ2v) is 6.25. The van der Waals surface area contributed by atoms with E-state index in [0.717, 1.165) is 6.26 Å². The van der Waals surface area contributed by atoms with Crippen molar-refractivity contribution in [2.24, 2.45) is 16.5 Å². The van der Waals surface area contributed by atoms with E-state index in [4.69, 9.17) is 11.5 Å². The highest BCUT2D eigenvalue weighted by molar-refractivity contribution is 7.90. The average Bonchev–Trinajstić information content (AvgIpc) is 2.89. The Labute approximate surface area is 121 Å². The summed E-state index contributed by atoms with van der Waals surface area (Å²) in [4.78, 5) is 19.0. The van der Waals surface area contributed by atoms with Crippen LogP contribution in [0.1, 0.15) is 10.4 Å². The van der Waals surface area contributed by atoms with Crippen molar-refractivity contribution in [3.05, 3.63) is 42.5 Å². The number of guanidine groups is 1. The summed E-state index contributed by atoms with van der Waals surface area (Å²) in [5.74, 6) is -1.10. The van der Waals surface area contributed by atoms with Crippen LogP contribution in [-0.2, 0) is 9.84 Å². The monoisotopic (exact) mass is 307 g/mol. The fourth-order valence-corrected chi connectivity index (χ4v) is 2.64. The quantitative estimate of drug-likeness (QED) is 0.590. The Morgan fingerprint density at radius 3 is 2.57 bits per heavy atom. The molecule has 0 bridgehead atoms. The number of benzene rings is 1. The van der Waals surface area contributed by atoms with Crippen LogP contribution in [0, 0.1) is 0 Å². The Bertz CT molecular complexity index is 805. The number of aromatic nitrogens is 2. The summed E-state index contributed by atoms with van der Waals surface area (Å²) in [5.41, 5.74) is 10.7. The van der Waals surface area contributed by atoms with Crippen molar-refractivity contribution in [3.63, 3.8) is 0 Å². The van der Waals surface area contributed by atoms with Crippen LogP contribution < -0.4 is 11.5 Å². The lowest BCUT2D eigenvalue weighted by Gasteiger charge is -2.09. The number of imidazole rings is 1. The largest absolute Gasteiger partial charge is 0.370 e. The van der Waals surface area contributed by atoms with Crippen molar-refractivity contribution in [2.45, 2.75) is 4.90 Å². The van der Waals surface area contributed by atoms with Gasteiger partial charge in [0.05, 0.1) is 16.9 Å². The zero-order valence-electron chi connectivity index (χ0n) is 11.1. The predicted molar refractivity (Wildman–Crippen MR) is 76.8 cm³/mol. The number of amides is 1. The molecule has 2 rings (SSSR count). The van der Waals surface area contributed by atoms with Crippen molar-refractivity contribution >= 4 is 21.7 Å². The van der Waals surface area contributed by atoms with Gasteiger partial charge in [-0.2, -0.15) is 4.99 Å². The number of hydrogen-bond donors (Lipinski definition) is 2. The van der Waals surface area contributed by atoms with Gasteiger partial charge in [-0.1, -0.05) is 0 Å². The number of carbonyl (C=O) groups is 1. The van der Waals surface area contributed by atoms with E-state index in [-0.39, 0.29) is 16.4 Å². The van der Waals surface area contributed by atoms with Gasteiger partial charge in [0, 0.05) is 24.2 Å². The molecule has 0 aliphatic rings. The summed E-state index contributed by atoms with van der Waals surface area (Å²) in [7, 11) is -3.56. The van der Waals surface area contributed by atoms with Crippen molar-refractivity contribution < 1.29 is 13.2 Å². The summed E-state index contributed by atoms with van der Waals surface area (Å²) in [5, 5.41) is 0. The van der Waals surface area contributed by atoms with Crippen molar-refractivity contribution in [1.82, 2.24) is 9.55 Å². The average molecular weight is 307 g/mol. The summed E-state index contributed by atoms with van der Waals surface area (Å²) in [6, 6.07) is 4.17. The van der Waals surface area contributed by atoms with Crippen LogP contribution >= 0.6 is 0 Å². The first kappa shape index (κ1) is 14.7. The molecule has 2 aromatic rings. The molecule has 9 heteroatoms. The molecule has 0 unspecified atom stereocenters. The fourth-order valence-electron chi connectivity index (χ4n) is 1.74. The van der Waals surface area contributed by atoms with Gasteiger partial charge < -0.3 is 16.0 Å². The summed E-state index contributed by atoms with van der Waals surface area (Å²) < 4.78 is 25.4. The highest BCUT2D eigenvalue weighted by atomic mass is 32.2. The molecular weight excluding hydrogens is 294 g/mol. The number of hydrogen-bond acceptors (Lipinski definition) is 4. The van der Waals surface area contributed by atoms with E-state index in [9.17, 15) is 13.2 Å². The molecule has 0 fully saturated rings. The van der Waals surface area contributed by atoms with Crippen LogP contribution in [0.3, 0.4) is 0 Å². The van der Waals surface area contributed by atoms with E-state index in [2.05, 4.69) is 9.98 Å². The van der Waals surface area contributed by atoms with Crippen LogP contribution in [0.25, 0.3) is 5.69 Å². The van der Waals surface area contributed by atoms with E-state index >= 15 is 0 Å². The molecule has 0 atom stereocenters. The van der Waals surface area contributed by atoms with E-state index in [1.807, 2.05) is 0 Å². The lowest BCUT2D eigenvalue weighted by atomic mass is 10.2. The molecule has 0 spiro atoms. The second kappa shape index (κ2) is 5.37. The SMILES string of the molecule is CS(=O)(=O)c1cc(C(=O)N=C(N)N)ccc1-n1ccnc1. The molecule has 0 radical (unpaired) electrons. The maximum absolute atomic E-state index is 11.9. The van der Waals surface area contributed by atoms with Crippen molar-refractivity contribution in [2.75, 3.05) is 6.26 Å². The molecular formula is C12H13N5O3S. The number of nitrogens with two attached hydrogens (primary N) is 2. The number of sulfone groups is 1. The minimum Gasteiger partial charge on any atom is -0.370 e. The first-order valence-electron chi connectivity index (χ1n) is 5.75. The maximum Gasteiger partial charge on any atom is 0.280 e. The molecule has 21 heavy (non-hydrogen) atoms. The Kier molecular flexibility index (Phi) is 3.76. The number of rotatable bonds is 3. The lowest BCUT2D eigenvalue weighted by Crippen LogP contribution is -2.24. The van der Waals surface area contributed by atoms with Gasteiger partial charge >= 0.3 is 0 Å². The Balaban J connectivity index is 2.62. The van der Waals surface area contributed by atoms with Gasteiger partial charge in [0.2, 0.25) is 0 Å². The third kappa shape index (κ3) is 3.26. The van der Waals surface area contributed by atoms with Crippen LogP contribution in [0.5, 0.6) is 0 Å². The Morgan fingerprint density at radius 1 is 1.33 bits per heavy atom.